The molecule has 0 heterocycles. The maximum atomic E-state index is 5.78. The fourth-order valence-electron chi connectivity index (χ4n) is 2.68. The largest absolute Gasteiger partial charge is 0.416 e. The molecule has 1 nitrogen and oxygen atoms in total. The highest BCUT2D eigenvalue weighted by Gasteiger charge is 2.25. The fourth-order valence-corrected chi connectivity index (χ4v) is 4.26. The van der Waals surface area contributed by atoms with E-state index in [-0.39, 0.29) is 0 Å². The number of fused-ring (bicyclic) bond motifs is 3. The van der Waals surface area contributed by atoms with Gasteiger partial charge in [-0.15, -0.1) is 0 Å². The highest BCUT2D eigenvalue weighted by molar-refractivity contribution is 6.86. The predicted octanol–water partition coefficient (Wildman–Crippen LogP) is 4.05. The molecule has 0 bridgehead atoms. The lowest BCUT2D eigenvalue weighted by molar-refractivity contribution is 0.416. The van der Waals surface area contributed by atoms with Gasteiger partial charge in [-0.1, -0.05) is 54.6 Å². The summed E-state index contributed by atoms with van der Waals surface area (Å²) in [5.74, 6) is 0. The third kappa shape index (κ3) is 1.97. The Kier molecular flexibility index (Phi) is 2.92. The van der Waals surface area contributed by atoms with E-state index in [1.165, 1.54) is 26.7 Å². The lowest BCUT2D eigenvalue weighted by Gasteiger charge is -2.22. The third-order valence-electron chi connectivity index (χ3n) is 3.95. The summed E-state index contributed by atoms with van der Waals surface area (Å²) in [6.07, 6.45) is 0. The van der Waals surface area contributed by atoms with E-state index in [1.807, 2.05) is 7.11 Å². The zero-order chi connectivity index (χ0) is 13.5. The Morgan fingerprint density at radius 2 is 1.47 bits per heavy atom. The topological polar surface area (TPSA) is 9.23 Å². The number of hydrogen-bond acceptors (Lipinski definition) is 1. The van der Waals surface area contributed by atoms with Gasteiger partial charge in [0, 0.05) is 7.11 Å². The summed E-state index contributed by atoms with van der Waals surface area (Å²) in [5, 5.41) is 6.65. The van der Waals surface area contributed by atoms with E-state index in [9.17, 15) is 0 Å². The van der Waals surface area contributed by atoms with Gasteiger partial charge in [0.2, 0.25) is 8.32 Å². The fraction of sp³-hybridized carbons (Fsp3) is 0.176. The maximum absolute atomic E-state index is 5.78. The second-order valence-electron chi connectivity index (χ2n) is 5.40. The molecular formula is C17H18OSi. The van der Waals surface area contributed by atoms with Crippen LogP contribution in [0.2, 0.25) is 13.1 Å². The van der Waals surface area contributed by atoms with E-state index < -0.39 is 8.32 Å². The Labute approximate surface area is 115 Å². The first-order chi connectivity index (χ1) is 9.13. The van der Waals surface area contributed by atoms with Crippen molar-refractivity contribution in [3.63, 3.8) is 0 Å². The molecule has 0 aromatic heterocycles. The van der Waals surface area contributed by atoms with Gasteiger partial charge in [-0.2, -0.15) is 0 Å². The van der Waals surface area contributed by atoms with Crippen LogP contribution in [0.3, 0.4) is 0 Å². The van der Waals surface area contributed by atoms with Crippen molar-refractivity contribution in [1.82, 2.24) is 0 Å². The molecule has 0 aliphatic heterocycles. The Bertz CT molecular complexity index is 746. The van der Waals surface area contributed by atoms with Crippen molar-refractivity contribution in [3.8, 4) is 0 Å². The minimum absolute atomic E-state index is 1.30. The SMILES string of the molecule is CO[Si](C)(C)c1cccc2c1ccc1ccccc12. The Morgan fingerprint density at radius 1 is 0.737 bits per heavy atom. The quantitative estimate of drug-likeness (QED) is 0.502. The van der Waals surface area contributed by atoms with Crippen molar-refractivity contribution < 1.29 is 4.43 Å². The molecular weight excluding hydrogens is 248 g/mol. The van der Waals surface area contributed by atoms with Gasteiger partial charge in [0.25, 0.3) is 0 Å². The van der Waals surface area contributed by atoms with Crippen LogP contribution in [0.1, 0.15) is 0 Å². The molecule has 3 rings (SSSR count). The molecule has 19 heavy (non-hydrogen) atoms. The molecule has 0 fully saturated rings. The van der Waals surface area contributed by atoms with Crippen LogP contribution in [0.25, 0.3) is 21.5 Å². The second-order valence-corrected chi connectivity index (χ2v) is 9.37. The molecule has 0 N–H and O–H groups in total. The third-order valence-corrected chi connectivity index (χ3v) is 6.70. The molecule has 0 saturated heterocycles. The molecule has 0 radical (unpaired) electrons. The summed E-state index contributed by atoms with van der Waals surface area (Å²) < 4.78 is 5.78. The van der Waals surface area contributed by atoms with Crippen LogP contribution < -0.4 is 5.19 Å². The number of benzene rings is 3. The van der Waals surface area contributed by atoms with E-state index in [0.29, 0.717) is 0 Å². The van der Waals surface area contributed by atoms with Crippen molar-refractivity contribution in [2.75, 3.05) is 7.11 Å². The van der Waals surface area contributed by atoms with Crippen molar-refractivity contribution >= 4 is 35.0 Å². The minimum Gasteiger partial charge on any atom is -0.416 e. The molecule has 3 aromatic rings. The maximum Gasteiger partial charge on any atom is 0.218 e. The van der Waals surface area contributed by atoms with E-state index in [1.54, 1.807) is 0 Å². The van der Waals surface area contributed by atoms with Crippen molar-refractivity contribution in [2.45, 2.75) is 13.1 Å². The zero-order valence-corrected chi connectivity index (χ0v) is 12.6. The van der Waals surface area contributed by atoms with Gasteiger partial charge in [0.05, 0.1) is 0 Å². The molecule has 0 atom stereocenters. The van der Waals surface area contributed by atoms with Crippen LogP contribution in [0.4, 0.5) is 0 Å². The van der Waals surface area contributed by atoms with E-state index in [4.69, 9.17) is 4.43 Å². The summed E-state index contributed by atoms with van der Waals surface area (Å²) in [6.45, 7) is 4.49. The van der Waals surface area contributed by atoms with Gasteiger partial charge in [-0.05, 0) is 39.8 Å². The predicted molar refractivity (Wildman–Crippen MR) is 85.6 cm³/mol. The number of rotatable bonds is 2. The van der Waals surface area contributed by atoms with E-state index in [2.05, 4.69) is 67.7 Å². The molecule has 0 aliphatic carbocycles. The molecule has 0 aliphatic rings. The normalized spacial score (nSPS) is 12.2. The molecule has 0 spiro atoms. The Morgan fingerprint density at radius 3 is 2.26 bits per heavy atom. The van der Waals surface area contributed by atoms with Crippen molar-refractivity contribution in [2.24, 2.45) is 0 Å². The van der Waals surface area contributed by atoms with Crippen LogP contribution >= 0.6 is 0 Å². The van der Waals surface area contributed by atoms with Crippen LogP contribution in [-0.4, -0.2) is 15.4 Å². The summed E-state index contributed by atoms with van der Waals surface area (Å²) >= 11 is 0. The number of hydrogen-bond donors (Lipinski definition) is 0. The average molecular weight is 266 g/mol. The van der Waals surface area contributed by atoms with Gasteiger partial charge >= 0.3 is 0 Å². The van der Waals surface area contributed by atoms with Crippen molar-refractivity contribution in [3.05, 3.63) is 54.6 Å². The standard InChI is InChI=1S/C17H18OSi/c1-18-19(2,3)17-10-6-9-15-14-8-5-4-7-13(14)11-12-16(15)17/h4-12H,1-3H3. The smallest absolute Gasteiger partial charge is 0.218 e. The average Bonchev–Trinajstić information content (AvgIpc) is 2.46. The Balaban J connectivity index is 2.42. The summed E-state index contributed by atoms with van der Waals surface area (Å²) in [7, 11) is 0.0203. The van der Waals surface area contributed by atoms with Gasteiger partial charge in [-0.25, -0.2) is 0 Å². The van der Waals surface area contributed by atoms with Crippen LogP contribution in [0, 0.1) is 0 Å². The Hall–Kier alpha value is -1.64. The monoisotopic (exact) mass is 266 g/mol. The molecule has 0 unspecified atom stereocenters. The van der Waals surface area contributed by atoms with Crippen LogP contribution in [0.15, 0.2) is 54.6 Å². The molecule has 96 valence electrons. The van der Waals surface area contributed by atoms with Gasteiger partial charge in [0.15, 0.2) is 0 Å². The first-order valence-corrected chi connectivity index (χ1v) is 9.50. The molecule has 0 saturated carbocycles. The molecule has 0 amide bonds. The lowest BCUT2D eigenvalue weighted by atomic mass is 10.0. The summed E-state index contributed by atoms with van der Waals surface area (Å²) in [6, 6.07) is 19.6. The first kappa shape index (κ1) is 12.4. The van der Waals surface area contributed by atoms with Crippen LogP contribution in [0.5, 0.6) is 0 Å². The van der Waals surface area contributed by atoms with Gasteiger partial charge < -0.3 is 4.43 Å². The highest BCUT2D eigenvalue weighted by atomic mass is 28.4. The van der Waals surface area contributed by atoms with Gasteiger partial charge in [-0.3, -0.25) is 0 Å². The second kappa shape index (κ2) is 4.48. The zero-order valence-electron chi connectivity index (χ0n) is 11.6. The molecule has 3 aromatic carbocycles. The van der Waals surface area contributed by atoms with Crippen LogP contribution in [-0.2, 0) is 4.43 Å². The van der Waals surface area contributed by atoms with Crippen molar-refractivity contribution in [1.29, 1.82) is 0 Å². The highest BCUT2D eigenvalue weighted by Crippen LogP contribution is 2.25. The van der Waals surface area contributed by atoms with E-state index >= 15 is 0 Å². The van der Waals surface area contributed by atoms with E-state index in [0.717, 1.165) is 0 Å². The summed E-state index contributed by atoms with van der Waals surface area (Å²) in [4.78, 5) is 0. The van der Waals surface area contributed by atoms with Gasteiger partial charge in [0.1, 0.15) is 0 Å². The lowest BCUT2D eigenvalue weighted by Crippen LogP contribution is -2.44. The first-order valence-electron chi connectivity index (χ1n) is 6.59. The summed E-state index contributed by atoms with van der Waals surface area (Å²) in [5.41, 5.74) is 0. The minimum atomic E-state index is -1.81. The molecule has 2 heteroatoms.